The van der Waals surface area contributed by atoms with Gasteiger partial charge in [0.05, 0.1) is 3.04 Å². The van der Waals surface area contributed by atoms with Crippen molar-refractivity contribution in [1.29, 1.82) is 0 Å². The maximum Gasteiger partial charge on any atom is 0.0872 e. The van der Waals surface area contributed by atoms with Crippen molar-refractivity contribution >= 4 is 34.2 Å². The van der Waals surface area contributed by atoms with E-state index in [1.807, 2.05) is 52.9 Å². The molecule has 0 saturated carbocycles. The topological polar surface area (TPSA) is 0 Å². The second kappa shape index (κ2) is 5.23. The molecule has 0 fully saturated rings. The predicted molar refractivity (Wildman–Crippen MR) is 61.3 cm³/mol. The minimum Gasteiger partial charge on any atom is -0.0765 e. The number of benzene rings is 1. The maximum absolute atomic E-state index is 5.59. The van der Waals surface area contributed by atoms with Crippen LogP contribution in [0.3, 0.4) is 0 Å². The van der Waals surface area contributed by atoms with Gasteiger partial charge in [-0.15, -0.1) is 0 Å². The molecule has 0 aliphatic heterocycles. The third-order valence-electron chi connectivity index (χ3n) is 1.17. The summed E-state index contributed by atoms with van der Waals surface area (Å²) in [6, 6.07) is 9.80. The Bertz CT molecular complexity index is 326. The molecule has 1 rings (SSSR count). The monoisotopic (exact) mass is 288 g/mol. The van der Waals surface area contributed by atoms with E-state index in [0.29, 0.717) is 3.04 Å². The normalized spacial score (nSPS) is 10.3. The minimum atomic E-state index is 0.677. The Kier molecular flexibility index (Phi) is 4.20. The molecule has 0 heterocycles. The molecule has 0 aliphatic rings. The van der Waals surface area contributed by atoms with Gasteiger partial charge in [0.25, 0.3) is 0 Å². The zero-order valence-corrected chi connectivity index (χ0v) is 9.13. The van der Waals surface area contributed by atoms with E-state index >= 15 is 0 Å². The van der Waals surface area contributed by atoms with Crippen LogP contribution in [0.4, 0.5) is 0 Å². The Labute approximate surface area is 90.8 Å². The summed E-state index contributed by atoms with van der Waals surface area (Å²) in [5.41, 5.74) is 1.00. The van der Waals surface area contributed by atoms with Gasteiger partial charge in [-0.3, -0.25) is 0 Å². The van der Waals surface area contributed by atoms with Crippen molar-refractivity contribution in [3.8, 4) is 11.8 Å². The fourth-order valence-corrected chi connectivity index (χ4v) is 0.906. The summed E-state index contributed by atoms with van der Waals surface area (Å²) in [6.45, 7) is 0. The zero-order valence-electron chi connectivity index (χ0n) is 6.22. The van der Waals surface area contributed by atoms with Crippen molar-refractivity contribution in [1.82, 2.24) is 0 Å². The van der Waals surface area contributed by atoms with E-state index < -0.39 is 0 Å². The summed E-state index contributed by atoms with van der Waals surface area (Å²) < 4.78 is 0.677. The van der Waals surface area contributed by atoms with Crippen LogP contribution >= 0.6 is 34.2 Å². The zero-order chi connectivity index (χ0) is 8.81. The van der Waals surface area contributed by atoms with Crippen LogP contribution in [0.2, 0.25) is 0 Å². The molecule has 0 amide bonds. The number of hydrogen-bond acceptors (Lipinski definition) is 0. The Morgan fingerprint density at radius 1 is 1.33 bits per heavy atom. The Hall–Kier alpha value is -0.460. The quantitative estimate of drug-likeness (QED) is 0.506. The lowest BCUT2D eigenvalue weighted by Crippen LogP contribution is -1.68. The summed E-state index contributed by atoms with van der Waals surface area (Å²) >= 11 is 7.60. The molecule has 0 radical (unpaired) electrons. The van der Waals surface area contributed by atoms with Crippen molar-refractivity contribution in [3.63, 3.8) is 0 Å². The average molecular weight is 289 g/mol. The number of rotatable bonds is 0. The van der Waals surface area contributed by atoms with Gasteiger partial charge in [-0.1, -0.05) is 41.6 Å². The first kappa shape index (κ1) is 9.63. The van der Waals surface area contributed by atoms with Gasteiger partial charge in [-0.2, -0.15) is 0 Å². The first-order valence-electron chi connectivity index (χ1n) is 3.37. The summed E-state index contributed by atoms with van der Waals surface area (Å²) in [5, 5.41) is 0. The molecule has 60 valence electrons. The van der Waals surface area contributed by atoms with Crippen LogP contribution < -0.4 is 0 Å². The molecular formula is C10H6ClI. The molecule has 0 atom stereocenters. The Morgan fingerprint density at radius 3 is 2.58 bits per heavy atom. The third kappa shape index (κ3) is 3.80. The predicted octanol–water partition coefficient (Wildman–Crippen LogP) is 3.55. The van der Waals surface area contributed by atoms with Gasteiger partial charge < -0.3 is 0 Å². The number of hydrogen-bond donors (Lipinski definition) is 0. The summed E-state index contributed by atoms with van der Waals surface area (Å²) in [4.78, 5) is 0. The lowest BCUT2D eigenvalue weighted by Gasteiger charge is -1.84. The molecule has 1 aromatic carbocycles. The van der Waals surface area contributed by atoms with E-state index in [1.54, 1.807) is 6.08 Å². The Balaban J connectivity index is 2.74. The van der Waals surface area contributed by atoms with Crippen LogP contribution in [0.5, 0.6) is 0 Å². The molecule has 0 N–H and O–H groups in total. The van der Waals surface area contributed by atoms with Crippen molar-refractivity contribution in [2.24, 2.45) is 0 Å². The lowest BCUT2D eigenvalue weighted by atomic mass is 10.2. The molecular weight excluding hydrogens is 282 g/mol. The van der Waals surface area contributed by atoms with E-state index in [-0.39, 0.29) is 0 Å². The SMILES string of the molecule is Cl/C(I)=C/C#Cc1ccccc1. The van der Waals surface area contributed by atoms with Crippen molar-refractivity contribution in [3.05, 3.63) is 45.0 Å². The van der Waals surface area contributed by atoms with Gasteiger partial charge in [-0.05, 0) is 34.7 Å². The number of halogens is 2. The fourth-order valence-electron chi connectivity index (χ4n) is 0.695. The first-order chi connectivity index (χ1) is 5.79. The number of allylic oxidation sites excluding steroid dienone is 1. The van der Waals surface area contributed by atoms with Crippen molar-refractivity contribution in [2.75, 3.05) is 0 Å². The molecule has 12 heavy (non-hydrogen) atoms. The van der Waals surface area contributed by atoms with Gasteiger partial charge in [0.2, 0.25) is 0 Å². The highest BCUT2D eigenvalue weighted by Crippen LogP contribution is 2.08. The standard InChI is InChI=1S/C10H6ClI/c11-10(12)8-4-7-9-5-2-1-3-6-9/h1-3,5-6,8H/b10-8-. The van der Waals surface area contributed by atoms with Gasteiger partial charge in [0.1, 0.15) is 0 Å². The van der Waals surface area contributed by atoms with Crippen LogP contribution in [0.25, 0.3) is 0 Å². The van der Waals surface area contributed by atoms with E-state index in [0.717, 1.165) is 5.56 Å². The molecule has 0 aliphatic carbocycles. The summed E-state index contributed by atoms with van der Waals surface area (Å²) in [7, 11) is 0. The highest BCUT2D eigenvalue weighted by atomic mass is 127. The molecule has 0 aromatic heterocycles. The summed E-state index contributed by atoms with van der Waals surface area (Å²) in [5.74, 6) is 5.81. The van der Waals surface area contributed by atoms with Crippen LogP contribution in [-0.4, -0.2) is 0 Å². The lowest BCUT2D eigenvalue weighted by molar-refractivity contribution is 1.65. The van der Waals surface area contributed by atoms with E-state index in [9.17, 15) is 0 Å². The highest BCUT2D eigenvalue weighted by molar-refractivity contribution is 14.1. The Morgan fingerprint density at radius 2 is 2.00 bits per heavy atom. The second-order valence-electron chi connectivity index (χ2n) is 2.07. The van der Waals surface area contributed by atoms with Crippen LogP contribution in [0.15, 0.2) is 39.4 Å². The van der Waals surface area contributed by atoms with Gasteiger partial charge in [0, 0.05) is 11.6 Å². The fraction of sp³-hybridized carbons (Fsp3) is 0. The van der Waals surface area contributed by atoms with Gasteiger partial charge >= 0.3 is 0 Å². The molecule has 0 saturated heterocycles. The maximum atomic E-state index is 5.59. The molecule has 1 aromatic rings. The van der Waals surface area contributed by atoms with E-state index in [2.05, 4.69) is 11.8 Å². The smallest absolute Gasteiger partial charge is 0.0765 e. The molecule has 0 spiro atoms. The second-order valence-corrected chi connectivity index (χ2v) is 4.28. The van der Waals surface area contributed by atoms with Crippen LogP contribution in [-0.2, 0) is 0 Å². The first-order valence-corrected chi connectivity index (χ1v) is 4.82. The van der Waals surface area contributed by atoms with E-state index in [1.165, 1.54) is 0 Å². The third-order valence-corrected chi connectivity index (χ3v) is 1.59. The van der Waals surface area contributed by atoms with Gasteiger partial charge in [-0.25, -0.2) is 0 Å². The van der Waals surface area contributed by atoms with E-state index in [4.69, 9.17) is 11.6 Å². The average Bonchev–Trinajstić information content (AvgIpc) is 2.05. The van der Waals surface area contributed by atoms with Crippen molar-refractivity contribution < 1.29 is 0 Å². The summed E-state index contributed by atoms with van der Waals surface area (Å²) in [6.07, 6.45) is 1.68. The minimum absolute atomic E-state index is 0.677. The molecule has 0 unspecified atom stereocenters. The molecule has 0 bridgehead atoms. The van der Waals surface area contributed by atoms with Gasteiger partial charge in [0.15, 0.2) is 0 Å². The van der Waals surface area contributed by atoms with Crippen LogP contribution in [0, 0.1) is 11.8 Å². The van der Waals surface area contributed by atoms with Crippen molar-refractivity contribution in [2.45, 2.75) is 0 Å². The van der Waals surface area contributed by atoms with Crippen LogP contribution in [0.1, 0.15) is 5.56 Å². The largest absolute Gasteiger partial charge is 0.0872 e. The highest BCUT2D eigenvalue weighted by Gasteiger charge is 1.80. The molecule has 2 heteroatoms. The molecule has 0 nitrogen and oxygen atoms in total.